The van der Waals surface area contributed by atoms with Crippen LogP contribution in [0.1, 0.15) is 19.3 Å². The highest BCUT2D eigenvalue weighted by atomic mass is 35.5. The maximum Gasteiger partial charge on any atom is 0.281 e. The van der Waals surface area contributed by atoms with Crippen LogP contribution in [0.15, 0.2) is 0 Å². The summed E-state index contributed by atoms with van der Waals surface area (Å²) < 4.78 is 26.8. The van der Waals surface area contributed by atoms with Crippen molar-refractivity contribution < 1.29 is 8.42 Å². The van der Waals surface area contributed by atoms with E-state index < -0.39 is 10.2 Å². The molecule has 0 radical (unpaired) electrons. The summed E-state index contributed by atoms with van der Waals surface area (Å²) in [7, 11) is -0.0407. The highest BCUT2D eigenvalue weighted by Gasteiger charge is 2.34. The van der Waals surface area contributed by atoms with Crippen molar-refractivity contribution in [2.75, 3.05) is 27.2 Å². The van der Waals surface area contributed by atoms with E-state index >= 15 is 0 Å². The first-order valence-electron chi connectivity index (χ1n) is 5.44. The van der Waals surface area contributed by atoms with Crippen molar-refractivity contribution in [1.29, 1.82) is 0 Å². The number of hydrogen-bond acceptors (Lipinski definition) is 3. The minimum atomic E-state index is -3.22. The number of rotatable bonds is 2. The van der Waals surface area contributed by atoms with Gasteiger partial charge in [0.05, 0.1) is 0 Å². The molecule has 0 saturated carbocycles. The summed E-state index contributed by atoms with van der Waals surface area (Å²) in [5.41, 5.74) is 0. The number of halogens is 1. The fourth-order valence-electron chi connectivity index (χ4n) is 2.35. The van der Waals surface area contributed by atoms with Crippen LogP contribution in [0.4, 0.5) is 0 Å². The van der Waals surface area contributed by atoms with Gasteiger partial charge in [0.15, 0.2) is 0 Å². The molecule has 1 N–H and O–H groups in total. The van der Waals surface area contributed by atoms with Crippen molar-refractivity contribution >= 4 is 22.6 Å². The first-order valence-corrected chi connectivity index (χ1v) is 6.83. The topological polar surface area (TPSA) is 52.7 Å². The zero-order chi connectivity index (χ0) is 11.1. The monoisotopic (exact) mass is 269 g/mol. The van der Waals surface area contributed by atoms with Gasteiger partial charge < -0.3 is 5.32 Å². The third kappa shape index (κ3) is 2.68. The molecule has 5 nitrogen and oxygen atoms in total. The number of fused-ring (bicyclic) bond motifs is 2. The first-order chi connectivity index (χ1) is 7.00. The summed E-state index contributed by atoms with van der Waals surface area (Å²) in [5, 5.41) is 3.47. The third-order valence-corrected chi connectivity index (χ3v) is 5.18. The standard InChI is InChI=1S/C9H19N3O2S.ClH/c1-11(2)15(13,14)12-6-5-8-3-4-9(7-12)10-8;/h8-10H,3-7H2,1-2H3;1H. The van der Waals surface area contributed by atoms with Gasteiger partial charge in [0, 0.05) is 39.3 Å². The summed E-state index contributed by atoms with van der Waals surface area (Å²) >= 11 is 0. The van der Waals surface area contributed by atoms with E-state index in [0.29, 0.717) is 25.2 Å². The Morgan fingerprint density at radius 3 is 2.44 bits per heavy atom. The molecular formula is C9H20ClN3O2S. The normalized spacial score (nSPS) is 31.2. The zero-order valence-corrected chi connectivity index (χ0v) is 11.4. The predicted molar refractivity (Wildman–Crippen MR) is 66.0 cm³/mol. The zero-order valence-electron chi connectivity index (χ0n) is 9.72. The van der Waals surface area contributed by atoms with Crippen LogP contribution in [-0.4, -0.2) is 56.3 Å². The molecule has 2 bridgehead atoms. The van der Waals surface area contributed by atoms with Crippen LogP contribution in [0.5, 0.6) is 0 Å². The molecule has 2 rings (SSSR count). The van der Waals surface area contributed by atoms with E-state index in [2.05, 4.69) is 5.32 Å². The maximum absolute atomic E-state index is 11.9. The Balaban J connectivity index is 0.00000128. The molecule has 2 saturated heterocycles. The molecule has 0 aromatic heterocycles. The van der Waals surface area contributed by atoms with Gasteiger partial charge in [-0.15, -0.1) is 12.4 Å². The van der Waals surface area contributed by atoms with Gasteiger partial charge in [0.2, 0.25) is 0 Å². The minimum Gasteiger partial charge on any atom is -0.310 e. The second-order valence-electron chi connectivity index (χ2n) is 4.57. The molecular weight excluding hydrogens is 250 g/mol. The van der Waals surface area contributed by atoms with Gasteiger partial charge in [0.25, 0.3) is 10.2 Å². The number of nitrogens with zero attached hydrogens (tertiary/aromatic N) is 2. The van der Waals surface area contributed by atoms with Crippen LogP contribution in [0.3, 0.4) is 0 Å². The van der Waals surface area contributed by atoms with Crippen molar-refractivity contribution in [3.8, 4) is 0 Å². The maximum atomic E-state index is 11.9. The van der Waals surface area contributed by atoms with Crippen LogP contribution in [0, 0.1) is 0 Å². The van der Waals surface area contributed by atoms with Gasteiger partial charge in [-0.05, 0) is 19.3 Å². The fraction of sp³-hybridized carbons (Fsp3) is 1.00. The lowest BCUT2D eigenvalue weighted by molar-refractivity contribution is 0.355. The molecule has 7 heteroatoms. The smallest absolute Gasteiger partial charge is 0.281 e. The van der Waals surface area contributed by atoms with Crippen molar-refractivity contribution in [3.63, 3.8) is 0 Å². The average molecular weight is 270 g/mol. The van der Waals surface area contributed by atoms with E-state index in [1.54, 1.807) is 18.4 Å². The van der Waals surface area contributed by atoms with Crippen molar-refractivity contribution in [2.24, 2.45) is 0 Å². The Morgan fingerprint density at radius 1 is 1.19 bits per heavy atom. The summed E-state index contributed by atoms with van der Waals surface area (Å²) in [6.07, 6.45) is 3.23. The van der Waals surface area contributed by atoms with Gasteiger partial charge >= 0.3 is 0 Å². The summed E-state index contributed by atoms with van der Waals surface area (Å²) in [6.45, 7) is 1.27. The van der Waals surface area contributed by atoms with Crippen LogP contribution in [-0.2, 0) is 10.2 Å². The number of hydrogen-bond donors (Lipinski definition) is 1. The van der Waals surface area contributed by atoms with Crippen LogP contribution in [0.25, 0.3) is 0 Å². The highest BCUT2D eigenvalue weighted by Crippen LogP contribution is 2.22. The molecule has 2 aliphatic rings. The number of nitrogens with one attached hydrogen (secondary N) is 1. The Kier molecular flexibility index (Phi) is 4.59. The molecule has 0 aliphatic carbocycles. The third-order valence-electron chi connectivity index (χ3n) is 3.27. The Bertz CT molecular complexity index is 334. The molecule has 16 heavy (non-hydrogen) atoms. The molecule has 0 spiro atoms. The SMILES string of the molecule is CN(C)S(=O)(=O)N1CCC2CCC(C1)N2.Cl. The van der Waals surface area contributed by atoms with Crippen molar-refractivity contribution in [2.45, 2.75) is 31.3 Å². The molecule has 0 aromatic rings. The molecule has 2 unspecified atom stereocenters. The van der Waals surface area contributed by atoms with Gasteiger partial charge in [-0.1, -0.05) is 0 Å². The lowest BCUT2D eigenvalue weighted by Gasteiger charge is -2.26. The van der Waals surface area contributed by atoms with Gasteiger partial charge in [0.1, 0.15) is 0 Å². The van der Waals surface area contributed by atoms with Crippen LogP contribution < -0.4 is 5.32 Å². The highest BCUT2D eigenvalue weighted by molar-refractivity contribution is 7.86. The minimum absolute atomic E-state index is 0. The van der Waals surface area contributed by atoms with E-state index in [9.17, 15) is 8.42 Å². The summed E-state index contributed by atoms with van der Waals surface area (Å²) in [6, 6.07) is 0.879. The van der Waals surface area contributed by atoms with E-state index in [1.165, 1.54) is 10.7 Å². The molecule has 2 fully saturated rings. The fourth-order valence-corrected chi connectivity index (χ4v) is 3.52. The predicted octanol–water partition coefficient (Wildman–Crippen LogP) is 0.0409. The second kappa shape index (κ2) is 5.18. The van der Waals surface area contributed by atoms with Crippen LogP contribution >= 0.6 is 12.4 Å². The molecule has 96 valence electrons. The molecule has 0 amide bonds. The van der Waals surface area contributed by atoms with Crippen molar-refractivity contribution in [3.05, 3.63) is 0 Å². The lowest BCUT2D eigenvalue weighted by atomic mass is 10.1. The van der Waals surface area contributed by atoms with E-state index in [1.807, 2.05) is 0 Å². The summed E-state index contributed by atoms with van der Waals surface area (Å²) in [4.78, 5) is 0. The largest absolute Gasteiger partial charge is 0.310 e. The Morgan fingerprint density at radius 2 is 1.81 bits per heavy atom. The first kappa shape index (κ1) is 14.2. The van der Waals surface area contributed by atoms with Gasteiger partial charge in [-0.2, -0.15) is 17.0 Å². The van der Waals surface area contributed by atoms with E-state index in [-0.39, 0.29) is 12.4 Å². The van der Waals surface area contributed by atoms with E-state index in [0.717, 1.165) is 12.8 Å². The quantitative estimate of drug-likeness (QED) is 0.770. The molecule has 2 atom stereocenters. The van der Waals surface area contributed by atoms with E-state index in [4.69, 9.17) is 0 Å². The Hall–Kier alpha value is 0.120. The molecule has 2 heterocycles. The average Bonchev–Trinajstić information content (AvgIpc) is 2.44. The Labute approximate surface area is 104 Å². The molecule has 0 aromatic carbocycles. The van der Waals surface area contributed by atoms with Gasteiger partial charge in [-0.25, -0.2) is 0 Å². The van der Waals surface area contributed by atoms with Crippen LogP contribution in [0.2, 0.25) is 0 Å². The summed E-state index contributed by atoms with van der Waals surface area (Å²) in [5.74, 6) is 0. The molecule has 2 aliphatic heterocycles. The lowest BCUT2D eigenvalue weighted by Crippen LogP contribution is -2.44. The van der Waals surface area contributed by atoms with Gasteiger partial charge in [-0.3, -0.25) is 0 Å². The van der Waals surface area contributed by atoms with Crippen molar-refractivity contribution in [1.82, 2.24) is 13.9 Å². The second-order valence-corrected chi connectivity index (χ2v) is 6.72.